The third-order valence-electron chi connectivity index (χ3n) is 3.02. The van der Waals surface area contributed by atoms with Crippen LogP contribution in [0, 0.1) is 11.3 Å². The molecule has 0 atom stereocenters. The zero-order valence-corrected chi connectivity index (χ0v) is 14.0. The Balaban J connectivity index is 2.52. The molecule has 108 valence electrons. The van der Waals surface area contributed by atoms with Gasteiger partial charge in [0, 0.05) is 39.4 Å². The van der Waals surface area contributed by atoms with E-state index in [-0.39, 0.29) is 0 Å². The minimum absolute atomic E-state index is 0.315. The van der Waals surface area contributed by atoms with E-state index in [1.807, 2.05) is 57.4 Å². The largest absolute Gasteiger partial charge is 0.378 e. The minimum Gasteiger partial charge on any atom is -0.378 e. The van der Waals surface area contributed by atoms with Gasteiger partial charge < -0.3 is 9.80 Å². The van der Waals surface area contributed by atoms with Gasteiger partial charge in [0.1, 0.15) is 16.4 Å². The van der Waals surface area contributed by atoms with Gasteiger partial charge in [-0.2, -0.15) is 5.26 Å². The van der Waals surface area contributed by atoms with Gasteiger partial charge in [0.2, 0.25) is 0 Å². The lowest BCUT2D eigenvalue weighted by molar-refractivity contribution is 1.02. The molecule has 2 rings (SSSR count). The number of anilines is 2. The van der Waals surface area contributed by atoms with Crippen LogP contribution in [0.4, 0.5) is 11.5 Å². The van der Waals surface area contributed by atoms with E-state index in [1.54, 1.807) is 4.90 Å². The lowest BCUT2D eigenvalue weighted by Crippen LogP contribution is -2.14. The first kappa shape index (κ1) is 15.3. The van der Waals surface area contributed by atoms with E-state index < -0.39 is 0 Å². The summed E-state index contributed by atoms with van der Waals surface area (Å²) < 4.78 is 0.628. The quantitative estimate of drug-likeness (QED) is 0.855. The summed E-state index contributed by atoms with van der Waals surface area (Å²) >= 11 is 3.44. The van der Waals surface area contributed by atoms with Crippen molar-refractivity contribution in [3.05, 3.63) is 34.6 Å². The first-order chi connectivity index (χ1) is 9.93. The van der Waals surface area contributed by atoms with Crippen molar-refractivity contribution in [1.29, 1.82) is 5.26 Å². The Morgan fingerprint density at radius 2 is 1.62 bits per heavy atom. The van der Waals surface area contributed by atoms with Crippen molar-refractivity contribution < 1.29 is 0 Å². The molecule has 2 aromatic rings. The number of nitriles is 1. The Bertz CT molecular complexity index is 686. The lowest BCUT2D eigenvalue weighted by Gasteiger charge is -2.15. The molecule has 0 amide bonds. The summed E-state index contributed by atoms with van der Waals surface area (Å²) in [5.74, 6) is 0.554. The van der Waals surface area contributed by atoms with E-state index in [0.717, 1.165) is 11.3 Å². The molecule has 0 fully saturated rings. The second-order valence-electron chi connectivity index (χ2n) is 4.98. The second kappa shape index (κ2) is 6.10. The monoisotopic (exact) mass is 345 g/mol. The maximum atomic E-state index is 9.25. The average molecular weight is 346 g/mol. The van der Waals surface area contributed by atoms with Crippen LogP contribution in [-0.2, 0) is 0 Å². The molecular weight excluding hydrogens is 330 g/mol. The second-order valence-corrected chi connectivity index (χ2v) is 5.73. The van der Waals surface area contributed by atoms with E-state index >= 15 is 0 Å². The van der Waals surface area contributed by atoms with Gasteiger partial charge in [0.05, 0.1) is 0 Å². The molecule has 1 aromatic heterocycles. The molecule has 0 aliphatic rings. The number of hydrogen-bond acceptors (Lipinski definition) is 5. The summed E-state index contributed by atoms with van der Waals surface area (Å²) in [5.41, 5.74) is 3.01. The Kier molecular flexibility index (Phi) is 4.43. The van der Waals surface area contributed by atoms with Crippen molar-refractivity contribution >= 4 is 27.4 Å². The van der Waals surface area contributed by atoms with Crippen LogP contribution >= 0.6 is 15.9 Å². The van der Waals surface area contributed by atoms with Crippen LogP contribution < -0.4 is 9.80 Å². The number of rotatable bonds is 3. The van der Waals surface area contributed by atoms with Crippen LogP contribution in [0.2, 0.25) is 0 Å². The van der Waals surface area contributed by atoms with E-state index in [0.29, 0.717) is 21.8 Å². The highest BCUT2D eigenvalue weighted by Gasteiger charge is 2.15. The SMILES string of the molecule is CN(C)c1ccc(-c2nc(C#N)c(N(C)C)nc2Br)cc1. The van der Waals surface area contributed by atoms with E-state index in [4.69, 9.17) is 0 Å². The topological polar surface area (TPSA) is 56.1 Å². The van der Waals surface area contributed by atoms with Crippen LogP contribution in [0.5, 0.6) is 0 Å². The number of nitrogens with zero attached hydrogens (tertiary/aromatic N) is 5. The maximum Gasteiger partial charge on any atom is 0.183 e. The Morgan fingerprint density at radius 3 is 2.10 bits per heavy atom. The molecule has 0 saturated heterocycles. The molecule has 0 spiro atoms. The molecule has 0 aliphatic carbocycles. The number of benzene rings is 1. The van der Waals surface area contributed by atoms with Gasteiger partial charge in [-0.15, -0.1) is 0 Å². The number of aromatic nitrogens is 2. The molecule has 0 saturated carbocycles. The van der Waals surface area contributed by atoms with Crippen molar-refractivity contribution in [1.82, 2.24) is 9.97 Å². The van der Waals surface area contributed by atoms with E-state index in [2.05, 4.69) is 32.0 Å². The molecule has 0 bridgehead atoms. The average Bonchev–Trinajstić information content (AvgIpc) is 2.47. The highest BCUT2D eigenvalue weighted by Crippen LogP contribution is 2.29. The summed E-state index contributed by atoms with van der Waals surface area (Å²) in [6, 6.07) is 10.1. The van der Waals surface area contributed by atoms with E-state index in [1.165, 1.54) is 0 Å². The predicted octanol–water partition coefficient (Wildman–Crippen LogP) is 2.91. The Labute approximate surface area is 133 Å². The molecular formula is C15H16BrN5. The van der Waals surface area contributed by atoms with Crippen LogP contribution in [-0.4, -0.2) is 38.2 Å². The molecule has 0 aliphatic heterocycles. The third-order valence-corrected chi connectivity index (χ3v) is 3.57. The molecule has 1 aromatic carbocycles. The fraction of sp³-hybridized carbons (Fsp3) is 0.267. The fourth-order valence-electron chi connectivity index (χ4n) is 1.89. The van der Waals surface area contributed by atoms with Gasteiger partial charge in [-0.1, -0.05) is 12.1 Å². The lowest BCUT2D eigenvalue weighted by atomic mass is 10.1. The third kappa shape index (κ3) is 3.14. The highest BCUT2D eigenvalue weighted by molar-refractivity contribution is 9.10. The van der Waals surface area contributed by atoms with Crippen LogP contribution in [0.3, 0.4) is 0 Å². The van der Waals surface area contributed by atoms with Crippen LogP contribution in [0.25, 0.3) is 11.3 Å². The fourth-order valence-corrected chi connectivity index (χ4v) is 2.38. The normalized spacial score (nSPS) is 10.1. The first-order valence-corrected chi connectivity index (χ1v) is 7.16. The van der Waals surface area contributed by atoms with Crippen molar-refractivity contribution in [2.75, 3.05) is 38.0 Å². The molecule has 21 heavy (non-hydrogen) atoms. The molecule has 5 nitrogen and oxygen atoms in total. The summed E-state index contributed by atoms with van der Waals surface area (Å²) in [5, 5.41) is 9.25. The van der Waals surface area contributed by atoms with Gasteiger partial charge in [0.25, 0.3) is 0 Å². The summed E-state index contributed by atoms with van der Waals surface area (Å²) in [4.78, 5) is 12.7. The van der Waals surface area contributed by atoms with Gasteiger partial charge in [-0.3, -0.25) is 0 Å². The molecule has 6 heteroatoms. The number of hydrogen-bond donors (Lipinski definition) is 0. The minimum atomic E-state index is 0.315. The Morgan fingerprint density at radius 1 is 1.00 bits per heavy atom. The molecule has 0 N–H and O–H groups in total. The maximum absolute atomic E-state index is 9.25. The standard InChI is InChI=1S/C15H16BrN5/c1-20(2)11-7-5-10(6-8-11)13-14(16)19-15(21(3)4)12(9-17)18-13/h5-8H,1-4H3. The smallest absolute Gasteiger partial charge is 0.183 e. The molecule has 0 radical (unpaired) electrons. The zero-order chi connectivity index (χ0) is 15.6. The Hall–Kier alpha value is -2.13. The summed E-state index contributed by atoms with van der Waals surface area (Å²) in [6.07, 6.45) is 0. The van der Waals surface area contributed by atoms with Gasteiger partial charge >= 0.3 is 0 Å². The highest BCUT2D eigenvalue weighted by atomic mass is 79.9. The van der Waals surface area contributed by atoms with Crippen molar-refractivity contribution in [2.24, 2.45) is 0 Å². The van der Waals surface area contributed by atoms with Crippen molar-refractivity contribution in [2.45, 2.75) is 0 Å². The predicted molar refractivity (Wildman–Crippen MR) is 88.5 cm³/mol. The van der Waals surface area contributed by atoms with Gasteiger partial charge in [-0.05, 0) is 28.1 Å². The first-order valence-electron chi connectivity index (χ1n) is 6.36. The van der Waals surface area contributed by atoms with Crippen molar-refractivity contribution in [3.63, 3.8) is 0 Å². The van der Waals surface area contributed by atoms with E-state index in [9.17, 15) is 5.26 Å². The van der Waals surface area contributed by atoms with Gasteiger partial charge in [0.15, 0.2) is 11.5 Å². The van der Waals surface area contributed by atoms with Crippen LogP contribution in [0.1, 0.15) is 5.69 Å². The zero-order valence-electron chi connectivity index (χ0n) is 12.4. The summed E-state index contributed by atoms with van der Waals surface area (Å²) in [7, 11) is 7.65. The number of halogens is 1. The molecule has 0 unspecified atom stereocenters. The molecule has 1 heterocycles. The van der Waals surface area contributed by atoms with Crippen LogP contribution in [0.15, 0.2) is 28.9 Å². The van der Waals surface area contributed by atoms with Crippen molar-refractivity contribution in [3.8, 4) is 17.3 Å². The van der Waals surface area contributed by atoms with Gasteiger partial charge in [-0.25, -0.2) is 9.97 Å². The summed E-state index contributed by atoms with van der Waals surface area (Å²) in [6.45, 7) is 0.